The number of hydrogen-bond donors (Lipinski definition) is 1. The number of halogens is 3. The smallest absolute Gasteiger partial charge is 0.294 e. The van der Waals surface area contributed by atoms with Gasteiger partial charge in [-0.25, -0.2) is 13.2 Å². The molecule has 0 aliphatic carbocycles. The van der Waals surface area contributed by atoms with Gasteiger partial charge in [-0.05, 0) is 49.9 Å². The van der Waals surface area contributed by atoms with Crippen molar-refractivity contribution in [1.29, 1.82) is 0 Å². The molecule has 10 heteroatoms. The van der Waals surface area contributed by atoms with Crippen LogP contribution in [0, 0.1) is 17.5 Å². The van der Waals surface area contributed by atoms with Gasteiger partial charge < -0.3 is 9.88 Å². The maximum absolute atomic E-state index is 13.8. The predicted molar refractivity (Wildman–Crippen MR) is 120 cm³/mol. The first-order chi connectivity index (χ1) is 15.7. The minimum Gasteiger partial charge on any atom is -0.344 e. The second kappa shape index (κ2) is 8.78. The van der Waals surface area contributed by atoms with E-state index < -0.39 is 46.7 Å². The lowest BCUT2D eigenvalue weighted by Gasteiger charge is -2.13. The number of rotatable bonds is 5. The molecule has 1 aliphatic heterocycles. The number of imide groups is 1. The van der Waals surface area contributed by atoms with Gasteiger partial charge in [0.15, 0.2) is 17.5 Å². The van der Waals surface area contributed by atoms with Gasteiger partial charge in [0, 0.05) is 28.7 Å². The summed E-state index contributed by atoms with van der Waals surface area (Å²) in [5, 5.41) is 2.29. The average Bonchev–Trinajstić information content (AvgIpc) is 3.27. The molecule has 4 rings (SSSR count). The number of carbonyl (C=O) groups excluding carboxylic acids is 3. The van der Waals surface area contributed by atoms with Gasteiger partial charge in [-0.3, -0.25) is 19.3 Å². The van der Waals surface area contributed by atoms with Crippen LogP contribution in [-0.4, -0.2) is 33.1 Å². The lowest BCUT2D eigenvalue weighted by molar-refractivity contribution is -0.127. The highest BCUT2D eigenvalue weighted by atomic mass is 32.2. The Kier molecular flexibility index (Phi) is 6.03. The Bertz CT molecular complexity index is 1330. The third-order valence-corrected chi connectivity index (χ3v) is 6.01. The Morgan fingerprint density at radius 1 is 1.09 bits per heavy atom. The van der Waals surface area contributed by atoms with E-state index in [1.165, 1.54) is 0 Å². The van der Waals surface area contributed by atoms with Gasteiger partial charge in [0.2, 0.25) is 5.91 Å². The number of anilines is 1. The highest BCUT2D eigenvalue weighted by Crippen LogP contribution is 2.34. The number of aromatic nitrogens is 1. The van der Waals surface area contributed by atoms with E-state index in [2.05, 4.69) is 9.88 Å². The molecule has 1 N–H and O–H groups in total. The van der Waals surface area contributed by atoms with Gasteiger partial charge in [-0.1, -0.05) is 18.2 Å². The van der Waals surface area contributed by atoms with Crippen LogP contribution in [0.4, 0.5) is 23.7 Å². The summed E-state index contributed by atoms with van der Waals surface area (Å²) >= 11 is 0.684. The third kappa shape index (κ3) is 4.25. The minimum atomic E-state index is -1.73. The number of thioether (sulfide) groups is 1. The van der Waals surface area contributed by atoms with Crippen LogP contribution in [0.25, 0.3) is 17.0 Å². The minimum absolute atomic E-state index is 0.137. The SMILES string of the molecule is CC(C)n1cc(/C=C2/SC(=O)N(CC(=O)Nc3ccc(F)c(F)c3F)C2=O)c2ccccc21. The van der Waals surface area contributed by atoms with Crippen LogP contribution < -0.4 is 5.32 Å². The number of para-hydroxylation sites is 1. The molecule has 1 aromatic heterocycles. The first kappa shape index (κ1) is 22.7. The molecule has 1 saturated heterocycles. The monoisotopic (exact) mass is 473 g/mol. The second-order valence-corrected chi connectivity index (χ2v) is 8.63. The molecule has 2 heterocycles. The standard InChI is InChI=1S/C23H18F3N3O3S/c1-12(2)28-10-13(14-5-3-4-6-17(14)28)9-18-22(31)29(23(32)33-18)11-19(30)27-16-8-7-15(24)20(25)21(16)26/h3-10,12H,11H2,1-2H3,(H,27,30)/b18-9+. The summed E-state index contributed by atoms with van der Waals surface area (Å²) in [5.74, 6) is -6.31. The quantitative estimate of drug-likeness (QED) is 0.403. The van der Waals surface area contributed by atoms with Crippen LogP contribution in [0.5, 0.6) is 0 Å². The molecule has 6 nitrogen and oxygen atoms in total. The molecular weight excluding hydrogens is 455 g/mol. The molecule has 0 bridgehead atoms. The van der Waals surface area contributed by atoms with E-state index in [9.17, 15) is 27.6 Å². The summed E-state index contributed by atoms with van der Waals surface area (Å²) in [4.78, 5) is 38.3. The van der Waals surface area contributed by atoms with E-state index in [1.807, 2.05) is 44.3 Å². The van der Waals surface area contributed by atoms with E-state index >= 15 is 0 Å². The number of benzene rings is 2. The largest absolute Gasteiger partial charge is 0.344 e. The lowest BCUT2D eigenvalue weighted by Crippen LogP contribution is -2.36. The third-order valence-electron chi connectivity index (χ3n) is 5.10. The number of carbonyl (C=O) groups is 3. The molecule has 2 aromatic carbocycles. The topological polar surface area (TPSA) is 71.4 Å². The van der Waals surface area contributed by atoms with Crippen LogP contribution in [0.3, 0.4) is 0 Å². The fourth-order valence-electron chi connectivity index (χ4n) is 3.51. The summed E-state index contributed by atoms with van der Waals surface area (Å²) in [6, 6.07) is 9.33. The highest BCUT2D eigenvalue weighted by molar-refractivity contribution is 8.18. The summed E-state index contributed by atoms with van der Waals surface area (Å²) in [7, 11) is 0. The maximum atomic E-state index is 13.8. The normalized spacial score (nSPS) is 15.3. The number of nitrogens with one attached hydrogen (secondary N) is 1. The van der Waals surface area contributed by atoms with E-state index in [1.54, 1.807) is 6.08 Å². The molecule has 0 saturated carbocycles. The lowest BCUT2D eigenvalue weighted by atomic mass is 10.1. The Hall–Kier alpha value is -3.53. The van der Waals surface area contributed by atoms with Crippen molar-refractivity contribution in [3.8, 4) is 0 Å². The predicted octanol–water partition coefficient (Wildman–Crippen LogP) is 5.31. The molecule has 33 heavy (non-hydrogen) atoms. The van der Waals surface area contributed by atoms with Gasteiger partial charge in [-0.15, -0.1) is 0 Å². The van der Waals surface area contributed by atoms with Crippen molar-refractivity contribution < 1.29 is 27.6 Å². The Morgan fingerprint density at radius 2 is 1.82 bits per heavy atom. The van der Waals surface area contributed by atoms with Gasteiger partial charge in [0.05, 0.1) is 10.6 Å². The summed E-state index contributed by atoms with van der Waals surface area (Å²) in [5.41, 5.74) is 1.13. The first-order valence-electron chi connectivity index (χ1n) is 9.95. The van der Waals surface area contributed by atoms with Crippen LogP contribution in [-0.2, 0) is 9.59 Å². The highest BCUT2D eigenvalue weighted by Gasteiger charge is 2.36. The van der Waals surface area contributed by atoms with Crippen molar-refractivity contribution >= 4 is 51.5 Å². The first-order valence-corrected chi connectivity index (χ1v) is 10.8. The summed E-state index contributed by atoms with van der Waals surface area (Å²) in [6.07, 6.45) is 3.49. The van der Waals surface area contributed by atoms with Crippen LogP contribution in [0.1, 0.15) is 25.5 Å². The van der Waals surface area contributed by atoms with E-state index in [0.717, 1.165) is 22.5 Å². The molecule has 0 atom stereocenters. The van der Waals surface area contributed by atoms with E-state index in [4.69, 9.17) is 0 Å². The van der Waals surface area contributed by atoms with Crippen LogP contribution in [0.2, 0.25) is 0 Å². The molecule has 3 amide bonds. The fourth-order valence-corrected chi connectivity index (χ4v) is 4.34. The molecule has 170 valence electrons. The zero-order chi connectivity index (χ0) is 23.9. The molecule has 0 spiro atoms. The van der Waals surface area contributed by atoms with Crippen molar-refractivity contribution in [1.82, 2.24) is 9.47 Å². The van der Waals surface area contributed by atoms with Crippen LogP contribution >= 0.6 is 11.8 Å². The number of amides is 3. The zero-order valence-corrected chi connectivity index (χ0v) is 18.4. The fraction of sp³-hybridized carbons (Fsp3) is 0.174. The molecule has 0 radical (unpaired) electrons. The number of nitrogens with zero attached hydrogens (tertiary/aromatic N) is 2. The van der Waals surface area contributed by atoms with E-state index in [-0.39, 0.29) is 10.9 Å². The van der Waals surface area contributed by atoms with E-state index in [0.29, 0.717) is 22.7 Å². The van der Waals surface area contributed by atoms with Crippen LogP contribution in [0.15, 0.2) is 47.5 Å². The van der Waals surface area contributed by atoms with Crippen molar-refractivity contribution in [2.75, 3.05) is 11.9 Å². The molecule has 0 unspecified atom stereocenters. The molecule has 1 fully saturated rings. The molecule has 3 aromatic rings. The van der Waals surface area contributed by atoms with Crippen molar-refractivity contribution in [3.63, 3.8) is 0 Å². The number of hydrogen-bond acceptors (Lipinski definition) is 4. The van der Waals surface area contributed by atoms with Gasteiger partial charge in [-0.2, -0.15) is 0 Å². The van der Waals surface area contributed by atoms with Gasteiger partial charge in [0.1, 0.15) is 6.54 Å². The van der Waals surface area contributed by atoms with Crippen molar-refractivity contribution in [2.24, 2.45) is 0 Å². The van der Waals surface area contributed by atoms with Crippen molar-refractivity contribution in [3.05, 3.63) is 70.5 Å². The average molecular weight is 473 g/mol. The molecular formula is C23H18F3N3O3S. The Balaban J connectivity index is 1.55. The summed E-state index contributed by atoms with van der Waals surface area (Å²) in [6.45, 7) is 3.35. The second-order valence-electron chi connectivity index (χ2n) is 7.64. The zero-order valence-electron chi connectivity index (χ0n) is 17.6. The Labute approximate surface area is 191 Å². The summed E-state index contributed by atoms with van der Waals surface area (Å²) < 4.78 is 42.3. The molecule has 1 aliphatic rings. The van der Waals surface area contributed by atoms with Gasteiger partial charge in [0.25, 0.3) is 11.1 Å². The van der Waals surface area contributed by atoms with Gasteiger partial charge >= 0.3 is 0 Å². The van der Waals surface area contributed by atoms with Crippen molar-refractivity contribution in [2.45, 2.75) is 19.9 Å². The maximum Gasteiger partial charge on any atom is 0.294 e. The Morgan fingerprint density at radius 3 is 2.55 bits per heavy atom. The number of fused-ring (bicyclic) bond motifs is 1.